The maximum atomic E-state index is 13.2. The summed E-state index contributed by atoms with van der Waals surface area (Å²) in [5, 5.41) is 0. The Kier molecular flexibility index (Phi) is 4.99. The third-order valence-electron chi connectivity index (χ3n) is 6.89. The Morgan fingerprint density at radius 1 is 1.06 bits per heavy atom. The average Bonchev–Trinajstić information content (AvgIpc) is 3.33. The van der Waals surface area contributed by atoms with Crippen LogP contribution in [0.1, 0.15) is 25.7 Å². The molecule has 4 aromatic rings. The van der Waals surface area contributed by atoms with Crippen LogP contribution in [0.4, 0.5) is 4.39 Å². The van der Waals surface area contributed by atoms with Gasteiger partial charge in [-0.25, -0.2) is 9.37 Å². The number of fused-ring (bicyclic) bond motifs is 3. The predicted molar refractivity (Wildman–Crippen MR) is 127 cm³/mol. The molecule has 2 aliphatic rings. The first-order valence-electron chi connectivity index (χ1n) is 11.2. The molecule has 0 amide bonds. The van der Waals surface area contributed by atoms with E-state index in [1.807, 2.05) is 30.3 Å². The van der Waals surface area contributed by atoms with Gasteiger partial charge < -0.3 is 9.64 Å². The highest BCUT2D eigenvalue weighted by Crippen LogP contribution is 2.36. The van der Waals surface area contributed by atoms with Gasteiger partial charge in [0.25, 0.3) is 5.56 Å². The van der Waals surface area contributed by atoms with E-state index in [9.17, 15) is 9.18 Å². The van der Waals surface area contributed by atoms with Gasteiger partial charge in [0.05, 0.1) is 28.0 Å². The Morgan fingerprint density at radius 3 is 2.52 bits per heavy atom. The van der Waals surface area contributed by atoms with Crippen molar-refractivity contribution in [3.63, 3.8) is 0 Å². The lowest BCUT2D eigenvalue weighted by molar-refractivity contribution is 0.0662. The van der Waals surface area contributed by atoms with E-state index < -0.39 is 5.82 Å². The number of pyridine rings is 1. The molecule has 168 valence electrons. The summed E-state index contributed by atoms with van der Waals surface area (Å²) < 4.78 is 21.5. The van der Waals surface area contributed by atoms with E-state index in [0.29, 0.717) is 28.0 Å². The smallest absolute Gasteiger partial charge is 0.275 e. The van der Waals surface area contributed by atoms with Crippen molar-refractivity contribution in [3.8, 4) is 22.0 Å². The predicted octanol–water partition coefficient (Wildman–Crippen LogP) is 4.65. The zero-order valence-electron chi connectivity index (χ0n) is 18.1. The highest BCUT2D eigenvalue weighted by atomic mass is 32.1. The van der Waals surface area contributed by atoms with Crippen LogP contribution in [0.2, 0.25) is 0 Å². The summed E-state index contributed by atoms with van der Waals surface area (Å²) >= 11 is 1.32. The van der Waals surface area contributed by atoms with Crippen LogP contribution in [0.5, 0.6) is 5.75 Å². The zero-order chi connectivity index (χ0) is 22.5. The Balaban J connectivity index is 1.24. The number of aromatic nitrogens is 3. The highest BCUT2D eigenvalue weighted by molar-refractivity contribution is 7.22. The second-order valence-corrected chi connectivity index (χ2v) is 9.91. The van der Waals surface area contributed by atoms with Crippen LogP contribution in [0, 0.1) is 5.82 Å². The summed E-state index contributed by atoms with van der Waals surface area (Å²) in [6, 6.07) is 13.7. The molecule has 8 heteroatoms. The molecule has 1 aromatic carbocycles. The van der Waals surface area contributed by atoms with Crippen LogP contribution in [0.3, 0.4) is 0 Å². The minimum Gasteiger partial charge on any atom is -0.490 e. The van der Waals surface area contributed by atoms with Gasteiger partial charge in [0.2, 0.25) is 0 Å². The third-order valence-corrected chi connectivity index (χ3v) is 8.03. The van der Waals surface area contributed by atoms with E-state index in [1.54, 1.807) is 17.0 Å². The fraction of sp³-hybridized carbons (Fsp3) is 0.320. The molecular formula is C25H23FN4O2S. The van der Waals surface area contributed by atoms with Gasteiger partial charge in [-0.1, -0.05) is 0 Å². The molecule has 0 saturated carbocycles. The van der Waals surface area contributed by atoms with Gasteiger partial charge in [-0.3, -0.25) is 14.3 Å². The lowest BCUT2D eigenvalue weighted by atomic mass is 10.0. The van der Waals surface area contributed by atoms with E-state index in [-0.39, 0.29) is 11.7 Å². The second kappa shape index (κ2) is 8.04. The van der Waals surface area contributed by atoms with Crippen molar-refractivity contribution in [2.24, 2.45) is 0 Å². The third kappa shape index (κ3) is 3.73. The van der Waals surface area contributed by atoms with Crippen molar-refractivity contribution < 1.29 is 9.13 Å². The molecule has 33 heavy (non-hydrogen) atoms. The number of piperidine rings is 1. The normalized spacial score (nSPS) is 22.7. The average molecular weight is 463 g/mol. The van der Waals surface area contributed by atoms with Crippen LogP contribution in [0.15, 0.2) is 59.8 Å². The summed E-state index contributed by atoms with van der Waals surface area (Å²) in [6.45, 7) is 0. The standard InChI is InChI=1S/C25H23FN4O2S/c1-29-17-3-4-18(29)11-20(10-17)32-19-7-5-16(6-8-19)30-14-28-22-12-23(33-24(22)25(30)31)21-9-2-15(26)13-27-21/h2,5-9,12-14,17-18,20H,3-4,10-11H2,1H3/t17-,18+,20-. The largest absolute Gasteiger partial charge is 0.490 e. The fourth-order valence-electron chi connectivity index (χ4n) is 5.08. The molecule has 2 bridgehead atoms. The molecule has 2 fully saturated rings. The van der Waals surface area contributed by atoms with Gasteiger partial charge >= 0.3 is 0 Å². The minimum absolute atomic E-state index is 0.140. The summed E-state index contributed by atoms with van der Waals surface area (Å²) in [4.78, 5) is 25.0. The van der Waals surface area contributed by atoms with Gasteiger partial charge in [-0.15, -0.1) is 11.3 Å². The van der Waals surface area contributed by atoms with E-state index in [1.165, 1.54) is 36.4 Å². The van der Waals surface area contributed by atoms with Crippen molar-refractivity contribution in [1.29, 1.82) is 0 Å². The Labute approximate surface area is 194 Å². The number of thiophene rings is 1. The van der Waals surface area contributed by atoms with E-state index in [2.05, 4.69) is 21.9 Å². The first-order valence-corrected chi connectivity index (χ1v) is 12.0. The van der Waals surface area contributed by atoms with Crippen LogP contribution in [-0.2, 0) is 0 Å². The number of halogens is 1. The second-order valence-electron chi connectivity index (χ2n) is 8.86. The van der Waals surface area contributed by atoms with E-state index >= 15 is 0 Å². The van der Waals surface area contributed by atoms with E-state index in [4.69, 9.17) is 4.74 Å². The lowest BCUT2D eigenvalue weighted by Crippen LogP contribution is -2.43. The number of ether oxygens (including phenoxy) is 1. The quantitative estimate of drug-likeness (QED) is 0.442. The van der Waals surface area contributed by atoms with E-state index in [0.717, 1.165) is 29.2 Å². The van der Waals surface area contributed by atoms with Gasteiger partial charge in [-0.05, 0) is 75.2 Å². The first kappa shape index (κ1) is 20.5. The molecule has 3 atom stereocenters. The summed E-state index contributed by atoms with van der Waals surface area (Å²) in [7, 11) is 2.22. The molecule has 0 aliphatic carbocycles. The van der Waals surface area contributed by atoms with Crippen LogP contribution in [0.25, 0.3) is 26.5 Å². The first-order chi connectivity index (χ1) is 16.0. The monoisotopic (exact) mass is 462 g/mol. The number of hydrogen-bond acceptors (Lipinski definition) is 6. The maximum absolute atomic E-state index is 13.2. The summed E-state index contributed by atoms with van der Waals surface area (Å²) in [5.74, 6) is 0.437. The number of rotatable bonds is 4. The fourth-order valence-corrected chi connectivity index (χ4v) is 6.10. The molecule has 2 aliphatic heterocycles. The van der Waals surface area contributed by atoms with Gasteiger partial charge in [0, 0.05) is 12.1 Å². The Hall–Kier alpha value is -3.10. The van der Waals surface area contributed by atoms with Gasteiger partial charge in [-0.2, -0.15) is 0 Å². The van der Waals surface area contributed by atoms with Crippen molar-refractivity contribution >= 4 is 21.6 Å². The number of hydrogen-bond donors (Lipinski definition) is 0. The number of nitrogens with zero attached hydrogens (tertiary/aromatic N) is 4. The maximum Gasteiger partial charge on any atom is 0.275 e. The molecule has 2 saturated heterocycles. The van der Waals surface area contributed by atoms with Crippen LogP contribution in [-0.4, -0.2) is 44.7 Å². The highest BCUT2D eigenvalue weighted by Gasteiger charge is 2.39. The van der Waals surface area contributed by atoms with Crippen molar-refractivity contribution in [3.05, 3.63) is 71.2 Å². The Morgan fingerprint density at radius 2 is 1.82 bits per heavy atom. The number of benzene rings is 1. The minimum atomic E-state index is -0.393. The molecule has 6 rings (SSSR count). The van der Waals surface area contributed by atoms with Crippen molar-refractivity contribution in [2.45, 2.75) is 43.9 Å². The molecule has 0 N–H and O–H groups in total. The molecule has 0 spiro atoms. The van der Waals surface area contributed by atoms with Crippen molar-refractivity contribution in [2.75, 3.05) is 7.05 Å². The van der Waals surface area contributed by atoms with Crippen molar-refractivity contribution in [1.82, 2.24) is 19.4 Å². The lowest BCUT2D eigenvalue weighted by Gasteiger charge is -2.36. The molecule has 0 unspecified atom stereocenters. The molecule has 5 heterocycles. The molecule has 3 aromatic heterocycles. The molecule has 6 nitrogen and oxygen atoms in total. The zero-order valence-corrected chi connectivity index (χ0v) is 19.0. The topological polar surface area (TPSA) is 60.2 Å². The summed E-state index contributed by atoms with van der Waals surface area (Å²) in [6.07, 6.45) is 7.63. The van der Waals surface area contributed by atoms with Crippen LogP contribution >= 0.6 is 11.3 Å². The molecular weight excluding hydrogens is 439 g/mol. The molecule has 0 radical (unpaired) electrons. The van der Waals surface area contributed by atoms with Gasteiger partial charge in [0.1, 0.15) is 28.7 Å². The SMILES string of the molecule is CN1[C@@H]2CC[C@H]1C[C@H](Oc1ccc(-n3cnc4cc(-c5ccc(F)cn5)sc4c3=O)cc1)C2. The van der Waals surface area contributed by atoms with Crippen LogP contribution < -0.4 is 10.3 Å². The summed E-state index contributed by atoms with van der Waals surface area (Å²) in [5.41, 5.74) is 1.83. The van der Waals surface area contributed by atoms with Gasteiger partial charge in [0.15, 0.2) is 0 Å². The Bertz CT molecular complexity index is 1350.